The number of nitrogens with one attached hydrogen (secondary N) is 1. The molecular weight excluding hydrogens is 252 g/mol. The SMILES string of the molecule is COC(=O)C(CC(C)c1ccccc1)N1CCNCC1. The van der Waals surface area contributed by atoms with E-state index >= 15 is 0 Å². The molecule has 1 fully saturated rings. The van der Waals surface area contributed by atoms with Crippen molar-refractivity contribution in [1.29, 1.82) is 0 Å². The molecule has 0 amide bonds. The molecular formula is C16H24N2O2. The molecule has 1 aliphatic heterocycles. The van der Waals surface area contributed by atoms with Crippen LogP contribution in [0.15, 0.2) is 30.3 Å². The number of piperazine rings is 1. The third-order valence-electron chi connectivity index (χ3n) is 4.01. The normalized spacial score (nSPS) is 19.3. The molecule has 1 N–H and O–H groups in total. The highest BCUT2D eigenvalue weighted by Gasteiger charge is 2.29. The first kappa shape index (κ1) is 15.0. The van der Waals surface area contributed by atoms with Gasteiger partial charge in [0.05, 0.1) is 7.11 Å². The van der Waals surface area contributed by atoms with Crippen LogP contribution in [0.25, 0.3) is 0 Å². The molecule has 0 radical (unpaired) electrons. The van der Waals surface area contributed by atoms with Crippen LogP contribution in [0.3, 0.4) is 0 Å². The van der Waals surface area contributed by atoms with Gasteiger partial charge < -0.3 is 10.1 Å². The molecule has 20 heavy (non-hydrogen) atoms. The van der Waals surface area contributed by atoms with Crippen molar-refractivity contribution in [2.24, 2.45) is 0 Å². The average molecular weight is 276 g/mol. The number of carbonyl (C=O) groups excluding carboxylic acids is 1. The molecule has 2 atom stereocenters. The standard InChI is InChI=1S/C16H24N2O2/c1-13(14-6-4-3-5-7-14)12-15(16(19)20-2)18-10-8-17-9-11-18/h3-7,13,15,17H,8-12H2,1-2H3. The molecule has 1 heterocycles. The van der Waals surface area contributed by atoms with E-state index in [0.717, 1.165) is 32.6 Å². The number of hydrogen-bond acceptors (Lipinski definition) is 4. The molecule has 2 unspecified atom stereocenters. The molecule has 4 heteroatoms. The number of benzene rings is 1. The second kappa shape index (κ2) is 7.41. The molecule has 0 spiro atoms. The fraction of sp³-hybridized carbons (Fsp3) is 0.562. The maximum absolute atomic E-state index is 12.1. The van der Waals surface area contributed by atoms with Crippen molar-refractivity contribution in [2.45, 2.75) is 25.3 Å². The molecule has 4 nitrogen and oxygen atoms in total. The summed E-state index contributed by atoms with van der Waals surface area (Å²) >= 11 is 0. The Morgan fingerprint density at radius 3 is 2.55 bits per heavy atom. The summed E-state index contributed by atoms with van der Waals surface area (Å²) < 4.78 is 5.00. The fourth-order valence-electron chi connectivity index (χ4n) is 2.78. The van der Waals surface area contributed by atoms with E-state index in [9.17, 15) is 4.79 Å². The number of hydrogen-bond donors (Lipinski definition) is 1. The van der Waals surface area contributed by atoms with Crippen molar-refractivity contribution in [1.82, 2.24) is 10.2 Å². The highest BCUT2D eigenvalue weighted by atomic mass is 16.5. The summed E-state index contributed by atoms with van der Waals surface area (Å²) in [6, 6.07) is 10.2. The Balaban J connectivity index is 2.05. The Hall–Kier alpha value is -1.39. The first-order chi connectivity index (χ1) is 9.72. The molecule has 110 valence electrons. The van der Waals surface area contributed by atoms with Gasteiger partial charge in [0, 0.05) is 26.2 Å². The van der Waals surface area contributed by atoms with Crippen LogP contribution in [0.4, 0.5) is 0 Å². The minimum Gasteiger partial charge on any atom is -0.468 e. The summed E-state index contributed by atoms with van der Waals surface area (Å²) in [7, 11) is 1.48. The Morgan fingerprint density at radius 2 is 1.95 bits per heavy atom. The monoisotopic (exact) mass is 276 g/mol. The van der Waals surface area contributed by atoms with E-state index in [0.29, 0.717) is 5.92 Å². The second-order valence-corrected chi connectivity index (χ2v) is 5.37. The zero-order valence-corrected chi connectivity index (χ0v) is 12.3. The van der Waals surface area contributed by atoms with E-state index in [1.54, 1.807) is 0 Å². The molecule has 1 aromatic rings. The molecule has 1 saturated heterocycles. The van der Waals surface area contributed by atoms with Gasteiger partial charge in [0.25, 0.3) is 0 Å². The summed E-state index contributed by atoms with van der Waals surface area (Å²) in [6.07, 6.45) is 0.802. The fourth-order valence-corrected chi connectivity index (χ4v) is 2.78. The first-order valence-electron chi connectivity index (χ1n) is 7.30. The number of carbonyl (C=O) groups is 1. The van der Waals surface area contributed by atoms with Gasteiger partial charge in [-0.3, -0.25) is 9.69 Å². The zero-order valence-electron chi connectivity index (χ0n) is 12.3. The minimum atomic E-state index is -0.141. The summed E-state index contributed by atoms with van der Waals surface area (Å²) in [5, 5.41) is 3.32. The summed E-state index contributed by atoms with van der Waals surface area (Å²) in [5.74, 6) is 0.227. The highest BCUT2D eigenvalue weighted by molar-refractivity contribution is 5.75. The van der Waals surface area contributed by atoms with Crippen molar-refractivity contribution < 1.29 is 9.53 Å². The van der Waals surface area contributed by atoms with Crippen molar-refractivity contribution in [3.63, 3.8) is 0 Å². The summed E-state index contributed by atoms with van der Waals surface area (Å²) in [4.78, 5) is 14.3. The molecule has 0 saturated carbocycles. The second-order valence-electron chi connectivity index (χ2n) is 5.37. The third-order valence-corrected chi connectivity index (χ3v) is 4.01. The van der Waals surface area contributed by atoms with Crippen LogP contribution < -0.4 is 5.32 Å². The Morgan fingerprint density at radius 1 is 1.30 bits per heavy atom. The number of rotatable bonds is 5. The number of esters is 1. The van der Waals surface area contributed by atoms with Crippen LogP contribution in [0.1, 0.15) is 24.8 Å². The zero-order chi connectivity index (χ0) is 14.4. The summed E-state index contributed by atoms with van der Waals surface area (Å²) in [6.45, 7) is 5.86. The Kier molecular flexibility index (Phi) is 5.56. The minimum absolute atomic E-state index is 0.116. The molecule has 0 aromatic heterocycles. The van der Waals surface area contributed by atoms with Crippen molar-refractivity contribution in [3.05, 3.63) is 35.9 Å². The van der Waals surface area contributed by atoms with Crippen LogP contribution in [-0.2, 0) is 9.53 Å². The van der Waals surface area contributed by atoms with Crippen LogP contribution >= 0.6 is 0 Å². The Bertz CT molecular complexity index is 416. The van der Waals surface area contributed by atoms with E-state index in [2.05, 4.69) is 29.3 Å². The third kappa shape index (κ3) is 3.81. The lowest BCUT2D eigenvalue weighted by molar-refractivity contribution is -0.147. The van der Waals surface area contributed by atoms with Gasteiger partial charge in [0.1, 0.15) is 6.04 Å². The molecule has 0 aliphatic carbocycles. The number of ether oxygens (including phenoxy) is 1. The maximum atomic E-state index is 12.1. The van der Waals surface area contributed by atoms with Gasteiger partial charge >= 0.3 is 5.97 Å². The van der Waals surface area contributed by atoms with Gasteiger partial charge in [-0.25, -0.2) is 0 Å². The topological polar surface area (TPSA) is 41.6 Å². The predicted octanol–water partition coefficient (Wildman–Crippen LogP) is 1.63. The van der Waals surface area contributed by atoms with Crippen molar-refractivity contribution >= 4 is 5.97 Å². The smallest absolute Gasteiger partial charge is 0.323 e. The van der Waals surface area contributed by atoms with E-state index in [-0.39, 0.29) is 12.0 Å². The van der Waals surface area contributed by atoms with Gasteiger partial charge in [0.2, 0.25) is 0 Å². The Labute approximate surface area is 121 Å². The van der Waals surface area contributed by atoms with Gasteiger partial charge in [-0.1, -0.05) is 37.3 Å². The lowest BCUT2D eigenvalue weighted by Crippen LogP contribution is -2.51. The van der Waals surface area contributed by atoms with Crippen LogP contribution in [0.2, 0.25) is 0 Å². The molecule has 2 rings (SSSR count). The van der Waals surface area contributed by atoms with Crippen LogP contribution in [-0.4, -0.2) is 50.2 Å². The largest absolute Gasteiger partial charge is 0.468 e. The van der Waals surface area contributed by atoms with E-state index in [1.807, 2.05) is 18.2 Å². The van der Waals surface area contributed by atoms with Crippen LogP contribution in [0.5, 0.6) is 0 Å². The molecule has 1 aliphatic rings. The van der Waals surface area contributed by atoms with Gasteiger partial charge in [0.15, 0.2) is 0 Å². The maximum Gasteiger partial charge on any atom is 0.323 e. The van der Waals surface area contributed by atoms with Gasteiger partial charge in [-0.05, 0) is 17.9 Å². The van der Waals surface area contributed by atoms with Gasteiger partial charge in [-0.2, -0.15) is 0 Å². The van der Waals surface area contributed by atoms with Crippen molar-refractivity contribution in [3.8, 4) is 0 Å². The van der Waals surface area contributed by atoms with E-state index in [4.69, 9.17) is 4.74 Å². The van der Waals surface area contributed by atoms with Gasteiger partial charge in [-0.15, -0.1) is 0 Å². The van der Waals surface area contributed by atoms with Crippen molar-refractivity contribution in [2.75, 3.05) is 33.3 Å². The first-order valence-corrected chi connectivity index (χ1v) is 7.30. The van der Waals surface area contributed by atoms with E-state index in [1.165, 1.54) is 12.7 Å². The summed E-state index contributed by atoms with van der Waals surface area (Å²) in [5.41, 5.74) is 1.27. The molecule has 1 aromatic carbocycles. The van der Waals surface area contributed by atoms with E-state index < -0.39 is 0 Å². The lowest BCUT2D eigenvalue weighted by atomic mass is 9.93. The number of nitrogens with zero attached hydrogens (tertiary/aromatic N) is 1. The van der Waals surface area contributed by atoms with Crippen LogP contribution in [0, 0.1) is 0 Å². The highest BCUT2D eigenvalue weighted by Crippen LogP contribution is 2.23. The quantitative estimate of drug-likeness (QED) is 0.830. The molecule has 0 bridgehead atoms. The lowest BCUT2D eigenvalue weighted by Gasteiger charge is -2.34. The number of methoxy groups -OCH3 is 1. The predicted molar refractivity (Wildman–Crippen MR) is 79.7 cm³/mol. The average Bonchev–Trinajstić information content (AvgIpc) is 2.53.